The van der Waals surface area contributed by atoms with Crippen LogP contribution in [0.4, 0.5) is 0 Å². The van der Waals surface area contributed by atoms with E-state index in [1.165, 1.54) is 0 Å². The van der Waals surface area contributed by atoms with Crippen LogP contribution in [0.15, 0.2) is 60.9 Å². The number of carbonyl (C=O) groups excluding carboxylic acids is 1. The Morgan fingerprint density at radius 3 is 2.77 bits per heavy atom. The largest absolute Gasteiger partial charge is 0.489 e. The molecule has 0 bridgehead atoms. The van der Waals surface area contributed by atoms with Crippen LogP contribution in [0.1, 0.15) is 24.5 Å². The number of benzene rings is 1. The second-order valence-corrected chi connectivity index (χ2v) is 5.74. The van der Waals surface area contributed by atoms with Crippen molar-refractivity contribution in [1.82, 2.24) is 10.3 Å². The van der Waals surface area contributed by atoms with E-state index in [4.69, 9.17) is 9.84 Å². The third-order valence-corrected chi connectivity index (χ3v) is 3.63. The van der Waals surface area contributed by atoms with Crippen molar-refractivity contribution in [2.75, 3.05) is 0 Å². The standard InChI is InChI=1S/C20H22N2O4/c1-2-3-9-18(20(24)25)22-19(23)12-15-6-4-8-17(11-15)26-14-16-7-5-10-21-13-16/h2-8,10-11,13,18H,9,12,14H2,1H3,(H,22,23)(H,24,25)/b3-2+. The molecule has 6 heteroatoms. The lowest BCUT2D eigenvalue weighted by Crippen LogP contribution is -2.41. The normalized spacial score (nSPS) is 11.9. The van der Waals surface area contributed by atoms with E-state index >= 15 is 0 Å². The van der Waals surface area contributed by atoms with Crippen LogP contribution in [-0.2, 0) is 22.6 Å². The lowest BCUT2D eigenvalue weighted by Gasteiger charge is -2.13. The predicted molar refractivity (Wildman–Crippen MR) is 97.7 cm³/mol. The highest BCUT2D eigenvalue weighted by atomic mass is 16.5. The fourth-order valence-electron chi connectivity index (χ4n) is 2.32. The summed E-state index contributed by atoms with van der Waals surface area (Å²) in [5.41, 5.74) is 1.70. The highest BCUT2D eigenvalue weighted by molar-refractivity contribution is 5.85. The van der Waals surface area contributed by atoms with Crippen LogP contribution in [-0.4, -0.2) is 28.0 Å². The average Bonchev–Trinajstić information content (AvgIpc) is 2.64. The number of hydrogen-bond acceptors (Lipinski definition) is 4. The summed E-state index contributed by atoms with van der Waals surface area (Å²) >= 11 is 0. The molecule has 136 valence electrons. The fraction of sp³-hybridized carbons (Fsp3) is 0.250. The molecule has 0 saturated heterocycles. The summed E-state index contributed by atoms with van der Waals surface area (Å²) < 4.78 is 5.71. The van der Waals surface area contributed by atoms with Gasteiger partial charge in [-0.15, -0.1) is 0 Å². The molecule has 0 aliphatic heterocycles. The molecule has 1 unspecified atom stereocenters. The number of nitrogens with zero attached hydrogens (tertiary/aromatic N) is 1. The number of carbonyl (C=O) groups is 2. The molecular weight excluding hydrogens is 332 g/mol. The first-order valence-electron chi connectivity index (χ1n) is 8.32. The Labute approximate surface area is 152 Å². The van der Waals surface area contributed by atoms with E-state index < -0.39 is 12.0 Å². The van der Waals surface area contributed by atoms with E-state index in [-0.39, 0.29) is 18.7 Å². The van der Waals surface area contributed by atoms with E-state index in [1.807, 2.05) is 18.2 Å². The highest BCUT2D eigenvalue weighted by Crippen LogP contribution is 2.15. The number of rotatable bonds is 9. The molecule has 2 aromatic rings. The summed E-state index contributed by atoms with van der Waals surface area (Å²) in [6.45, 7) is 2.19. The van der Waals surface area contributed by atoms with E-state index in [1.54, 1.807) is 49.7 Å². The van der Waals surface area contributed by atoms with Gasteiger partial charge in [0.15, 0.2) is 0 Å². The minimum atomic E-state index is -1.05. The number of aliphatic carboxylic acids is 1. The zero-order valence-electron chi connectivity index (χ0n) is 14.6. The second kappa shape index (κ2) is 9.98. The van der Waals surface area contributed by atoms with Gasteiger partial charge in [0.05, 0.1) is 6.42 Å². The molecule has 26 heavy (non-hydrogen) atoms. The summed E-state index contributed by atoms with van der Waals surface area (Å²) in [6.07, 6.45) is 7.24. The first kappa shape index (κ1) is 19.2. The third kappa shape index (κ3) is 6.39. The van der Waals surface area contributed by atoms with Gasteiger partial charge >= 0.3 is 5.97 Å². The third-order valence-electron chi connectivity index (χ3n) is 3.63. The first-order valence-corrected chi connectivity index (χ1v) is 8.32. The molecule has 0 saturated carbocycles. The van der Waals surface area contributed by atoms with Gasteiger partial charge in [0.25, 0.3) is 0 Å². The van der Waals surface area contributed by atoms with E-state index in [9.17, 15) is 9.59 Å². The molecule has 0 fully saturated rings. The van der Waals surface area contributed by atoms with Crippen molar-refractivity contribution in [3.63, 3.8) is 0 Å². The van der Waals surface area contributed by atoms with E-state index in [0.717, 1.165) is 11.1 Å². The molecule has 1 amide bonds. The number of hydrogen-bond donors (Lipinski definition) is 2. The predicted octanol–water partition coefficient (Wildman–Crippen LogP) is 2.74. The van der Waals surface area contributed by atoms with Gasteiger partial charge in [-0.05, 0) is 37.1 Å². The summed E-state index contributed by atoms with van der Waals surface area (Å²) in [5.74, 6) is -0.751. The van der Waals surface area contributed by atoms with Gasteiger partial charge in [-0.2, -0.15) is 0 Å². The minimum absolute atomic E-state index is 0.0870. The summed E-state index contributed by atoms with van der Waals surface area (Å²) in [4.78, 5) is 27.4. The first-order chi connectivity index (χ1) is 12.6. The highest BCUT2D eigenvalue weighted by Gasteiger charge is 2.18. The molecule has 6 nitrogen and oxygen atoms in total. The van der Waals surface area contributed by atoms with Crippen molar-refractivity contribution in [3.8, 4) is 5.75 Å². The van der Waals surface area contributed by atoms with Crippen LogP contribution in [0.25, 0.3) is 0 Å². The lowest BCUT2D eigenvalue weighted by atomic mass is 10.1. The van der Waals surface area contributed by atoms with Crippen LogP contribution in [0.3, 0.4) is 0 Å². The van der Waals surface area contributed by atoms with Crippen molar-refractivity contribution < 1.29 is 19.4 Å². The van der Waals surface area contributed by atoms with Crippen molar-refractivity contribution in [3.05, 3.63) is 72.1 Å². The Bertz CT molecular complexity index is 759. The number of amides is 1. The van der Waals surface area contributed by atoms with Crippen LogP contribution >= 0.6 is 0 Å². The molecule has 1 atom stereocenters. The van der Waals surface area contributed by atoms with Gasteiger partial charge in [-0.1, -0.05) is 30.4 Å². The molecule has 2 N–H and O–H groups in total. The Kier molecular flexibility index (Phi) is 7.36. The number of pyridine rings is 1. The number of allylic oxidation sites excluding steroid dienone is 1. The molecule has 1 heterocycles. The lowest BCUT2D eigenvalue weighted by molar-refractivity contribution is -0.141. The number of ether oxygens (including phenoxy) is 1. The quantitative estimate of drug-likeness (QED) is 0.676. The minimum Gasteiger partial charge on any atom is -0.489 e. The topological polar surface area (TPSA) is 88.5 Å². The SMILES string of the molecule is C/C=C/CC(NC(=O)Cc1cccc(OCc2cccnc2)c1)C(=O)O. The average molecular weight is 354 g/mol. The monoisotopic (exact) mass is 354 g/mol. The number of aromatic nitrogens is 1. The zero-order valence-corrected chi connectivity index (χ0v) is 14.6. The number of carboxylic acids is 1. The maximum absolute atomic E-state index is 12.1. The molecule has 2 rings (SSSR count). The molecule has 1 aromatic carbocycles. The molecular formula is C20H22N2O4. The Morgan fingerprint density at radius 2 is 2.08 bits per heavy atom. The Balaban J connectivity index is 1.92. The van der Waals surface area contributed by atoms with Crippen molar-refractivity contribution in [1.29, 1.82) is 0 Å². The number of carboxylic acid groups (broad SMARTS) is 1. The Hall–Kier alpha value is -3.15. The maximum atomic E-state index is 12.1. The summed E-state index contributed by atoms with van der Waals surface area (Å²) in [6, 6.07) is 10.0. The van der Waals surface area contributed by atoms with Crippen LogP contribution in [0, 0.1) is 0 Å². The molecule has 0 aliphatic rings. The van der Waals surface area contributed by atoms with Gasteiger partial charge in [0, 0.05) is 18.0 Å². The fourth-order valence-corrected chi connectivity index (χ4v) is 2.32. The molecule has 1 aromatic heterocycles. The van der Waals surface area contributed by atoms with Gasteiger partial charge < -0.3 is 15.2 Å². The summed E-state index contributed by atoms with van der Waals surface area (Å²) in [5, 5.41) is 11.7. The maximum Gasteiger partial charge on any atom is 0.326 e. The Morgan fingerprint density at radius 1 is 1.27 bits per heavy atom. The van der Waals surface area contributed by atoms with Crippen molar-refractivity contribution in [2.45, 2.75) is 32.4 Å². The van der Waals surface area contributed by atoms with Crippen LogP contribution in [0.2, 0.25) is 0 Å². The molecule has 0 aliphatic carbocycles. The van der Waals surface area contributed by atoms with Gasteiger partial charge in [0.1, 0.15) is 18.4 Å². The zero-order chi connectivity index (χ0) is 18.8. The van der Waals surface area contributed by atoms with Gasteiger partial charge in [-0.25, -0.2) is 4.79 Å². The van der Waals surface area contributed by atoms with E-state index in [0.29, 0.717) is 12.4 Å². The smallest absolute Gasteiger partial charge is 0.326 e. The summed E-state index contributed by atoms with van der Waals surface area (Å²) in [7, 11) is 0. The van der Waals surface area contributed by atoms with Crippen molar-refractivity contribution in [2.24, 2.45) is 0 Å². The molecule has 0 radical (unpaired) electrons. The van der Waals surface area contributed by atoms with Crippen LogP contribution < -0.4 is 10.1 Å². The second-order valence-electron chi connectivity index (χ2n) is 5.74. The number of nitrogens with one attached hydrogen (secondary N) is 1. The van der Waals surface area contributed by atoms with Gasteiger partial charge in [0.2, 0.25) is 5.91 Å². The van der Waals surface area contributed by atoms with Gasteiger partial charge in [-0.3, -0.25) is 9.78 Å². The molecule has 0 spiro atoms. The van der Waals surface area contributed by atoms with Crippen molar-refractivity contribution >= 4 is 11.9 Å². The van der Waals surface area contributed by atoms with Crippen LogP contribution in [0.5, 0.6) is 5.75 Å². The van der Waals surface area contributed by atoms with E-state index in [2.05, 4.69) is 10.3 Å².